The molecule has 0 bridgehead atoms. The second kappa shape index (κ2) is 7.32. The molecule has 0 spiro atoms. The van der Waals surface area contributed by atoms with Crippen molar-refractivity contribution in [2.24, 2.45) is 5.73 Å². The number of amides is 1. The number of nitrogens with one attached hydrogen (secondary N) is 1. The van der Waals surface area contributed by atoms with Crippen molar-refractivity contribution in [3.63, 3.8) is 0 Å². The molecule has 0 fully saturated rings. The standard InChI is InChI=1S/C10H17N3O2S/c11-4-3-9-13-8(7-16-9)10(15)12-5-1-2-6-14/h7,14H,1-6,11H2,(H,12,15). The molecule has 1 aromatic heterocycles. The number of aliphatic hydroxyl groups is 1. The van der Waals surface area contributed by atoms with Gasteiger partial charge in [0.15, 0.2) is 0 Å². The van der Waals surface area contributed by atoms with Crippen molar-refractivity contribution in [2.75, 3.05) is 19.7 Å². The normalized spacial score (nSPS) is 10.4. The number of hydrogen-bond donors (Lipinski definition) is 3. The van der Waals surface area contributed by atoms with Gasteiger partial charge in [-0.3, -0.25) is 4.79 Å². The number of carbonyl (C=O) groups is 1. The van der Waals surface area contributed by atoms with Gasteiger partial charge >= 0.3 is 0 Å². The quantitative estimate of drug-likeness (QED) is 0.595. The Kier molecular flexibility index (Phi) is 5.99. The van der Waals surface area contributed by atoms with Crippen molar-refractivity contribution in [2.45, 2.75) is 19.3 Å². The minimum Gasteiger partial charge on any atom is -0.396 e. The van der Waals surface area contributed by atoms with Gasteiger partial charge in [-0.2, -0.15) is 0 Å². The number of aromatic nitrogens is 1. The Balaban J connectivity index is 2.34. The second-order valence-electron chi connectivity index (χ2n) is 3.35. The van der Waals surface area contributed by atoms with Crippen molar-refractivity contribution < 1.29 is 9.90 Å². The summed E-state index contributed by atoms with van der Waals surface area (Å²) in [7, 11) is 0. The molecule has 0 saturated carbocycles. The molecule has 0 aromatic carbocycles. The summed E-state index contributed by atoms with van der Waals surface area (Å²) in [5.41, 5.74) is 5.86. The largest absolute Gasteiger partial charge is 0.396 e. The lowest BCUT2D eigenvalue weighted by molar-refractivity contribution is 0.0947. The lowest BCUT2D eigenvalue weighted by atomic mass is 10.3. The molecule has 5 nitrogen and oxygen atoms in total. The van der Waals surface area contributed by atoms with Crippen molar-refractivity contribution in [1.29, 1.82) is 0 Å². The van der Waals surface area contributed by atoms with Crippen LogP contribution in [0.4, 0.5) is 0 Å². The van der Waals surface area contributed by atoms with E-state index in [0.717, 1.165) is 11.4 Å². The van der Waals surface area contributed by atoms with Gasteiger partial charge in [-0.25, -0.2) is 4.98 Å². The summed E-state index contributed by atoms with van der Waals surface area (Å²) in [6, 6.07) is 0. The molecule has 0 aliphatic carbocycles. The van der Waals surface area contributed by atoms with Gasteiger partial charge in [0, 0.05) is 25.0 Å². The van der Waals surface area contributed by atoms with E-state index < -0.39 is 0 Å². The first-order valence-corrected chi connectivity index (χ1v) is 6.19. The maximum Gasteiger partial charge on any atom is 0.270 e. The molecule has 0 aliphatic rings. The smallest absolute Gasteiger partial charge is 0.270 e. The van der Waals surface area contributed by atoms with Crippen molar-refractivity contribution >= 4 is 17.2 Å². The predicted molar refractivity (Wildman–Crippen MR) is 63.5 cm³/mol. The number of nitrogens with zero attached hydrogens (tertiary/aromatic N) is 1. The van der Waals surface area contributed by atoms with E-state index in [9.17, 15) is 4.79 Å². The predicted octanol–water partition coefficient (Wildman–Crippen LogP) is 0.147. The third-order valence-corrected chi connectivity index (χ3v) is 2.92. The fourth-order valence-electron chi connectivity index (χ4n) is 1.18. The lowest BCUT2D eigenvalue weighted by Crippen LogP contribution is -2.25. The number of carbonyl (C=O) groups excluding carboxylic acids is 1. The van der Waals surface area contributed by atoms with Gasteiger partial charge in [-0.15, -0.1) is 11.3 Å². The summed E-state index contributed by atoms with van der Waals surface area (Å²) in [6.07, 6.45) is 2.19. The van der Waals surface area contributed by atoms with Crippen LogP contribution in [-0.4, -0.2) is 35.7 Å². The van der Waals surface area contributed by atoms with E-state index >= 15 is 0 Å². The molecule has 0 saturated heterocycles. The van der Waals surface area contributed by atoms with Gasteiger partial charge in [-0.05, 0) is 19.4 Å². The Morgan fingerprint density at radius 2 is 2.38 bits per heavy atom. The summed E-state index contributed by atoms with van der Waals surface area (Å²) in [4.78, 5) is 15.7. The summed E-state index contributed by atoms with van der Waals surface area (Å²) in [6.45, 7) is 1.28. The van der Waals surface area contributed by atoms with Crippen LogP contribution < -0.4 is 11.1 Å². The van der Waals surface area contributed by atoms with E-state index in [2.05, 4.69) is 10.3 Å². The Hall–Kier alpha value is -0.980. The van der Waals surface area contributed by atoms with Gasteiger partial charge in [0.2, 0.25) is 0 Å². The van der Waals surface area contributed by atoms with Gasteiger partial charge in [-0.1, -0.05) is 0 Å². The summed E-state index contributed by atoms with van der Waals surface area (Å²) < 4.78 is 0. The molecule has 1 amide bonds. The Bertz CT molecular complexity index is 328. The number of thiazole rings is 1. The van der Waals surface area contributed by atoms with Gasteiger partial charge in [0.1, 0.15) is 5.69 Å². The molecule has 16 heavy (non-hydrogen) atoms. The first-order valence-electron chi connectivity index (χ1n) is 5.31. The van der Waals surface area contributed by atoms with Crippen LogP contribution in [0.5, 0.6) is 0 Å². The van der Waals surface area contributed by atoms with E-state index in [0.29, 0.717) is 31.6 Å². The van der Waals surface area contributed by atoms with Crippen LogP contribution in [0.15, 0.2) is 5.38 Å². The van der Waals surface area contributed by atoms with Crippen LogP contribution in [0.1, 0.15) is 28.3 Å². The zero-order chi connectivity index (χ0) is 11.8. The van der Waals surface area contributed by atoms with Crippen LogP contribution in [-0.2, 0) is 6.42 Å². The van der Waals surface area contributed by atoms with Gasteiger partial charge in [0.25, 0.3) is 5.91 Å². The van der Waals surface area contributed by atoms with Crippen molar-refractivity contribution in [1.82, 2.24) is 10.3 Å². The van der Waals surface area contributed by atoms with Crippen LogP contribution in [0.2, 0.25) is 0 Å². The topological polar surface area (TPSA) is 88.2 Å². The molecule has 1 rings (SSSR count). The van der Waals surface area contributed by atoms with E-state index in [1.54, 1.807) is 5.38 Å². The fraction of sp³-hybridized carbons (Fsp3) is 0.600. The van der Waals surface area contributed by atoms with E-state index in [1.807, 2.05) is 0 Å². The van der Waals surface area contributed by atoms with Crippen LogP contribution in [0.3, 0.4) is 0 Å². The first kappa shape index (κ1) is 13.1. The minimum absolute atomic E-state index is 0.155. The monoisotopic (exact) mass is 243 g/mol. The number of nitrogens with two attached hydrogens (primary N) is 1. The number of hydrogen-bond acceptors (Lipinski definition) is 5. The molecule has 0 radical (unpaired) electrons. The van der Waals surface area contributed by atoms with Crippen LogP contribution >= 0.6 is 11.3 Å². The molecule has 0 unspecified atom stereocenters. The van der Waals surface area contributed by atoms with Crippen LogP contribution in [0, 0.1) is 0 Å². The van der Waals surface area contributed by atoms with Gasteiger partial charge < -0.3 is 16.2 Å². The molecule has 6 heteroatoms. The molecule has 1 aromatic rings. The fourth-order valence-corrected chi connectivity index (χ4v) is 1.98. The van der Waals surface area contributed by atoms with E-state index in [4.69, 9.17) is 10.8 Å². The molecular formula is C10H17N3O2S. The highest BCUT2D eigenvalue weighted by molar-refractivity contribution is 7.09. The third-order valence-electron chi connectivity index (χ3n) is 2.01. The SMILES string of the molecule is NCCc1nc(C(=O)NCCCCO)cs1. The Morgan fingerprint density at radius 1 is 1.56 bits per heavy atom. The van der Waals surface area contributed by atoms with E-state index in [1.165, 1.54) is 11.3 Å². The highest BCUT2D eigenvalue weighted by Crippen LogP contribution is 2.09. The Labute approximate surface area is 98.7 Å². The molecule has 0 aliphatic heterocycles. The van der Waals surface area contributed by atoms with Crippen molar-refractivity contribution in [3.05, 3.63) is 16.1 Å². The highest BCUT2D eigenvalue weighted by atomic mass is 32.1. The maximum absolute atomic E-state index is 11.6. The average molecular weight is 243 g/mol. The number of rotatable bonds is 7. The maximum atomic E-state index is 11.6. The molecule has 0 atom stereocenters. The number of aliphatic hydroxyl groups excluding tert-OH is 1. The minimum atomic E-state index is -0.155. The zero-order valence-corrected chi connectivity index (χ0v) is 9.92. The van der Waals surface area contributed by atoms with Crippen LogP contribution in [0.25, 0.3) is 0 Å². The van der Waals surface area contributed by atoms with Crippen molar-refractivity contribution in [3.8, 4) is 0 Å². The van der Waals surface area contributed by atoms with E-state index in [-0.39, 0.29) is 12.5 Å². The average Bonchev–Trinajstić information content (AvgIpc) is 2.73. The van der Waals surface area contributed by atoms with Gasteiger partial charge in [0.05, 0.1) is 5.01 Å². The summed E-state index contributed by atoms with van der Waals surface area (Å²) in [5.74, 6) is -0.155. The molecular weight excluding hydrogens is 226 g/mol. The summed E-state index contributed by atoms with van der Waals surface area (Å²) >= 11 is 1.45. The summed E-state index contributed by atoms with van der Waals surface area (Å²) in [5, 5.41) is 14.0. The second-order valence-corrected chi connectivity index (χ2v) is 4.29. The molecule has 90 valence electrons. The first-order chi connectivity index (χ1) is 7.77. The number of unbranched alkanes of at least 4 members (excludes halogenated alkanes) is 1. The zero-order valence-electron chi connectivity index (χ0n) is 9.11. The third kappa shape index (κ3) is 4.26. The molecule has 4 N–H and O–H groups in total. The lowest BCUT2D eigenvalue weighted by Gasteiger charge is -2.01. The highest BCUT2D eigenvalue weighted by Gasteiger charge is 2.09. The molecule has 1 heterocycles. The Morgan fingerprint density at radius 3 is 3.06 bits per heavy atom.